The van der Waals surface area contributed by atoms with Gasteiger partial charge >= 0.3 is 0 Å². The second-order valence-electron chi connectivity index (χ2n) is 6.68. The maximum atomic E-state index is 11.5. The van der Waals surface area contributed by atoms with E-state index in [9.17, 15) is 8.42 Å². The van der Waals surface area contributed by atoms with E-state index in [0.29, 0.717) is 5.69 Å². The van der Waals surface area contributed by atoms with E-state index in [0.717, 1.165) is 49.6 Å². The highest BCUT2D eigenvalue weighted by atomic mass is 79.9. The van der Waals surface area contributed by atoms with Crippen LogP contribution in [0, 0.1) is 0 Å². The summed E-state index contributed by atoms with van der Waals surface area (Å²) in [5, 5.41) is 8.65. The number of hydrogen-bond donors (Lipinski definition) is 3. The van der Waals surface area contributed by atoms with Gasteiger partial charge in [-0.2, -0.15) is 0 Å². The number of sulfonamides is 1. The Morgan fingerprint density at radius 3 is 2.41 bits per heavy atom. The molecule has 6 nitrogen and oxygen atoms in total. The Balaban J connectivity index is 1.87. The van der Waals surface area contributed by atoms with Crippen molar-refractivity contribution in [2.24, 2.45) is 0 Å². The molecule has 3 aromatic carbocycles. The van der Waals surface area contributed by atoms with Gasteiger partial charge in [-0.15, -0.1) is 0 Å². The van der Waals surface area contributed by atoms with Crippen molar-refractivity contribution in [1.82, 2.24) is 4.98 Å². The summed E-state index contributed by atoms with van der Waals surface area (Å²) in [5.74, 6) is 0. The SMILES string of the molecule is CNc1cc(NS(C)(=O)=O)ccc1Nc1c2ccccc2nc2cc(Br)ccc12. The number of fused-ring (bicyclic) bond motifs is 2. The summed E-state index contributed by atoms with van der Waals surface area (Å²) >= 11 is 3.52. The molecule has 0 saturated carbocycles. The van der Waals surface area contributed by atoms with E-state index in [1.807, 2.05) is 48.5 Å². The van der Waals surface area contributed by atoms with E-state index in [-0.39, 0.29) is 0 Å². The van der Waals surface area contributed by atoms with E-state index in [1.165, 1.54) is 0 Å². The van der Waals surface area contributed by atoms with E-state index in [4.69, 9.17) is 4.98 Å². The zero-order valence-corrected chi connectivity index (χ0v) is 18.2. The fourth-order valence-electron chi connectivity index (χ4n) is 3.27. The highest BCUT2D eigenvalue weighted by Gasteiger charge is 2.12. The first-order chi connectivity index (χ1) is 13.8. The summed E-state index contributed by atoms with van der Waals surface area (Å²) in [7, 11) is -1.55. The Bertz CT molecular complexity index is 1340. The van der Waals surface area contributed by atoms with Crippen molar-refractivity contribution in [3.63, 3.8) is 0 Å². The molecule has 0 radical (unpaired) electrons. The topological polar surface area (TPSA) is 83.1 Å². The van der Waals surface area contributed by atoms with E-state index in [1.54, 1.807) is 19.2 Å². The van der Waals surface area contributed by atoms with Gasteiger partial charge in [0, 0.05) is 22.3 Å². The number of halogens is 1. The predicted molar refractivity (Wildman–Crippen MR) is 125 cm³/mol. The molecule has 0 saturated heterocycles. The third-order valence-corrected chi connectivity index (χ3v) is 5.59. The molecule has 1 heterocycles. The summed E-state index contributed by atoms with van der Waals surface area (Å²) < 4.78 is 26.5. The summed E-state index contributed by atoms with van der Waals surface area (Å²) in [6.07, 6.45) is 1.13. The monoisotopic (exact) mass is 470 g/mol. The number of benzene rings is 3. The lowest BCUT2D eigenvalue weighted by Gasteiger charge is -2.17. The van der Waals surface area contributed by atoms with Gasteiger partial charge in [0.2, 0.25) is 10.0 Å². The summed E-state index contributed by atoms with van der Waals surface area (Å²) in [6.45, 7) is 0. The molecule has 4 aromatic rings. The zero-order chi connectivity index (χ0) is 20.6. The predicted octanol–water partition coefficient (Wildman–Crippen LogP) is 5.31. The lowest BCUT2D eigenvalue weighted by molar-refractivity contribution is 0.607. The normalized spacial score (nSPS) is 11.6. The van der Waals surface area contributed by atoms with Gasteiger partial charge in [0.15, 0.2) is 0 Å². The zero-order valence-electron chi connectivity index (χ0n) is 15.8. The van der Waals surface area contributed by atoms with Gasteiger partial charge in [-0.1, -0.05) is 34.1 Å². The lowest BCUT2D eigenvalue weighted by Crippen LogP contribution is -2.10. The van der Waals surface area contributed by atoms with Crippen molar-refractivity contribution in [1.29, 1.82) is 0 Å². The maximum absolute atomic E-state index is 11.5. The van der Waals surface area contributed by atoms with Crippen molar-refractivity contribution in [2.75, 3.05) is 28.7 Å². The molecule has 0 aliphatic carbocycles. The van der Waals surface area contributed by atoms with Crippen molar-refractivity contribution >= 4 is 70.5 Å². The summed E-state index contributed by atoms with van der Waals surface area (Å²) in [4.78, 5) is 4.78. The molecule has 0 aliphatic rings. The highest BCUT2D eigenvalue weighted by Crippen LogP contribution is 2.36. The number of anilines is 4. The first-order valence-corrected chi connectivity index (χ1v) is 11.6. The van der Waals surface area contributed by atoms with Gasteiger partial charge in [0.05, 0.1) is 40.0 Å². The van der Waals surface area contributed by atoms with Crippen LogP contribution in [0.5, 0.6) is 0 Å². The molecular weight excluding hydrogens is 452 g/mol. The maximum Gasteiger partial charge on any atom is 0.229 e. The number of para-hydroxylation sites is 1. The Morgan fingerprint density at radius 2 is 1.66 bits per heavy atom. The fourth-order valence-corrected chi connectivity index (χ4v) is 4.18. The van der Waals surface area contributed by atoms with Crippen LogP contribution in [-0.4, -0.2) is 26.7 Å². The van der Waals surface area contributed by atoms with Gasteiger partial charge in [-0.3, -0.25) is 4.72 Å². The molecule has 0 bridgehead atoms. The van der Waals surface area contributed by atoms with Crippen LogP contribution >= 0.6 is 15.9 Å². The van der Waals surface area contributed by atoms with Crippen LogP contribution in [0.15, 0.2) is 65.1 Å². The molecule has 1 aromatic heterocycles. The standard InChI is InChI=1S/C21H19BrN4O2S/c1-23-20-12-14(26-29(2,27)28)8-10-18(20)25-21-15-5-3-4-6-17(15)24-19-11-13(22)7-9-16(19)21/h3-12,23,26H,1-2H3,(H,24,25). The summed E-state index contributed by atoms with van der Waals surface area (Å²) in [5.41, 5.74) is 4.80. The molecule has 148 valence electrons. The van der Waals surface area contributed by atoms with Crippen molar-refractivity contribution in [3.05, 3.63) is 65.1 Å². The van der Waals surface area contributed by atoms with Gasteiger partial charge in [-0.25, -0.2) is 13.4 Å². The Hall–Kier alpha value is -2.84. The Labute approximate surface area is 177 Å². The largest absolute Gasteiger partial charge is 0.386 e. The van der Waals surface area contributed by atoms with Gasteiger partial charge in [0.25, 0.3) is 0 Å². The van der Waals surface area contributed by atoms with Crippen molar-refractivity contribution < 1.29 is 8.42 Å². The third-order valence-electron chi connectivity index (χ3n) is 4.50. The van der Waals surface area contributed by atoms with Crippen LogP contribution in [0.4, 0.5) is 22.7 Å². The number of hydrogen-bond acceptors (Lipinski definition) is 5. The van der Waals surface area contributed by atoms with Crippen LogP contribution in [0.2, 0.25) is 0 Å². The second-order valence-corrected chi connectivity index (χ2v) is 9.34. The fraction of sp³-hybridized carbons (Fsp3) is 0.0952. The Kier molecular flexibility index (Phi) is 5.06. The van der Waals surface area contributed by atoms with Gasteiger partial charge in [0.1, 0.15) is 0 Å². The smallest absolute Gasteiger partial charge is 0.229 e. The number of aromatic nitrogens is 1. The van der Waals surface area contributed by atoms with Crippen molar-refractivity contribution in [2.45, 2.75) is 0 Å². The molecule has 3 N–H and O–H groups in total. The molecule has 0 fully saturated rings. The van der Waals surface area contributed by atoms with E-state index >= 15 is 0 Å². The lowest BCUT2D eigenvalue weighted by atomic mass is 10.1. The molecule has 4 rings (SSSR count). The number of nitrogens with one attached hydrogen (secondary N) is 3. The summed E-state index contributed by atoms with van der Waals surface area (Å²) in [6, 6.07) is 19.3. The van der Waals surface area contributed by atoms with Crippen LogP contribution in [0.25, 0.3) is 21.8 Å². The first kappa shape index (κ1) is 19.5. The molecule has 0 amide bonds. The van der Waals surface area contributed by atoms with Gasteiger partial charge < -0.3 is 10.6 Å². The quantitative estimate of drug-likeness (QED) is 0.344. The highest BCUT2D eigenvalue weighted by molar-refractivity contribution is 9.10. The van der Waals surface area contributed by atoms with Crippen molar-refractivity contribution in [3.8, 4) is 0 Å². The minimum absolute atomic E-state index is 0.496. The van der Waals surface area contributed by atoms with Crippen LogP contribution in [0.1, 0.15) is 0 Å². The molecule has 8 heteroatoms. The van der Waals surface area contributed by atoms with Crippen LogP contribution in [0.3, 0.4) is 0 Å². The molecule has 0 atom stereocenters. The van der Waals surface area contributed by atoms with Crippen LogP contribution in [-0.2, 0) is 10.0 Å². The van der Waals surface area contributed by atoms with E-state index < -0.39 is 10.0 Å². The molecular formula is C21H19BrN4O2S. The molecule has 29 heavy (non-hydrogen) atoms. The Morgan fingerprint density at radius 1 is 0.897 bits per heavy atom. The third kappa shape index (κ3) is 4.13. The molecule has 0 unspecified atom stereocenters. The minimum Gasteiger partial charge on any atom is -0.386 e. The number of nitrogens with zero attached hydrogens (tertiary/aromatic N) is 1. The van der Waals surface area contributed by atoms with E-state index in [2.05, 4.69) is 31.3 Å². The second kappa shape index (κ2) is 7.53. The van der Waals surface area contributed by atoms with Gasteiger partial charge in [-0.05, 0) is 42.5 Å². The van der Waals surface area contributed by atoms with Crippen LogP contribution < -0.4 is 15.4 Å². The average molecular weight is 471 g/mol. The number of rotatable bonds is 5. The first-order valence-electron chi connectivity index (χ1n) is 8.89. The molecule has 0 aliphatic heterocycles. The average Bonchev–Trinajstić information content (AvgIpc) is 2.67. The minimum atomic E-state index is -3.35. The number of pyridine rings is 1. The molecule has 0 spiro atoms.